The average molecular weight is 381 g/mol. The van der Waals surface area contributed by atoms with Crippen LogP contribution >= 0.6 is 0 Å². The van der Waals surface area contributed by atoms with Crippen LogP contribution in [0.3, 0.4) is 0 Å². The lowest BCUT2D eigenvalue weighted by atomic mass is 10.1. The van der Waals surface area contributed by atoms with Gasteiger partial charge in [-0.05, 0) is 48.0 Å². The molecule has 1 N–H and O–H groups in total. The zero-order valence-corrected chi connectivity index (χ0v) is 16.1. The smallest absolute Gasteiger partial charge is 0.337 e. The average Bonchev–Trinajstić information content (AvgIpc) is 3.21. The highest BCUT2D eigenvalue weighted by Crippen LogP contribution is 2.25. The van der Waals surface area contributed by atoms with E-state index in [2.05, 4.69) is 18.2 Å². The first kappa shape index (κ1) is 18.5. The Morgan fingerprint density at radius 2 is 1.79 bits per heavy atom. The van der Waals surface area contributed by atoms with Crippen LogP contribution in [0.5, 0.6) is 5.75 Å². The maximum absolute atomic E-state index is 12.7. The first-order chi connectivity index (χ1) is 13.6. The standard InChI is InChI=1S/C22H24N2O4/c1-27-22(26)18-5-3-17(4-6-18)21(25)24-11-9-23(10-12-24)15-16-2-7-20-19(14-16)8-13-28-20/h2-7,14H,8-13,15H2,1H3/p+1. The van der Waals surface area contributed by atoms with Gasteiger partial charge in [0.1, 0.15) is 12.3 Å². The third-order valence-corrected chi connectivity index (χ3v) is 5.52. The highest BCUT2D eigenvalue weighted by molar-refractivity contribution is 5.96. The van der Waals surface area contributed by atoms with Crippen molar-refractivity contribution in [3.05, 3.63) is 64.7 Å². The fourth-order valence-corrected chi connectivity index (χ4v) is 3.89. The quantitative estimate of drug-likeness (QED) is 0.802. The highest BCUT2D eigenvalue weighted by Gasteiger charge is 2.25. The number of quaternary nitrogens is 1. The van der Waals surface area contributed by atoms with Gasteiger partial charge in [0.05, 0.1) is 45.5 Å². The number of esters is 1. The van der Waals surface area contributed by atoms with Crippen LogP contribution < -0.4 is 9.64 Å². The first-order valence-corrected chi connectivity index (χ1v) is 9.70. The number of hydrogen-bond acceptors (Lipinski definition) is 4. The van der Waals surface area contributed by atoms with Gasteiger partial charge in [0, 0.05) is 17.5 Å². The second-order valence-corrected chi connectivity index (χ2v) is 7.33. The number of nitrogens with zero attached hydrogens (tertiary/aromatic N) is 1. The number of amides is 1. The summed E-state index contributed by atoms with van der Waals surface area (Å²) >= 11 is 0. The molecule has 1 amide bonds. The molecule has 2 aromatic carbocycles. The van der Waals surface area contributed by atoms with E-state index >= 15 is 0 Å². The van der Waals surface area contributed by atoms with Gasteiger partial charge in [0.25, 0.3) is 5.91 Å². The van der Waals surface area contributed by atoms with Gasteiger partial charge in [-0.1, -0.05) is 0 Å². The van der Waals surface area contributed by atoms with Crippen molar-refractivity contribution in [2.75, 3.05) is 39.9 Å². The monoisotopic (exact) mass is 381 g/mol. The summed E-state index contributed by atoms with van der Waals surface area (Å²) < 4.78 is 10.3. The molecule has 0 atom stereocenters. The molecular formula is C22H25N2O4+. The van der Waals surface area contributed by atoms with Gasteiger partial charge in [0.15, 0.2) is 0 Å². The lowest BCUT2D eigenvalue weighted by molar-refractivity contribution is -0.917. The van der Waals surface area contributed by atoms with E-state index in [9.17, 15) is 9.59 Å². The summed E-state index contributed by atoms with van der Waals surface area (Å²) in [6.45, 7) is 5.09. The number of carbonyl (C=O) groups excluding carboxylic acids is 2. The molecule has 2 heterocycles. The van der Waals surface area contributed by atoms with Crippen LogP contribution in [0, 0.1) is 0 Å². The molecule has 1 fully saturated rings. The number of carbonyl (C=O) groups is 2. The summed E-state index contributed by atoms with van der Waals surface area (Å²) in [6, 6.07) is 13.2. The van der Waals surface area contributed by atoms with E-state index in [1.807, 2.05) is 4.90 Å². The van der Waals surface area contributed by atoms with Crippen LogP contribution in [-0.4, -0.2) is 56.7 Å². The zero-order chi connectivity index (χ0) is 19.5. The molecule has 0 spiro atoms. The predicted octanol–water partition coefficient (Wildman–Crippen LogP) is 0.949. The number of ether oxygens (including phenoxy) is 2. The fraction of sp³-hybridized carbons (Fsp3) is 0.364. The van der Waals surface area contributed by atoms with Crippen molar-refractivity contribution in [3.63, 3.8) is 0 Å². The van der Waals surface area contributed by atoms with Crippen LogP contribution in [0.25, 0.3) is 0 Å². The number of nitrogens with one attached hydrogen (secondary N) is 1. The molecule has 6 nitrogen and oxygen atoms in total. The van der Waals surface area contributed by atoms with Gasteiger partial charge in [0.2, 0.25) is 0 Å². The Morgan fingerprint density at radius 3 is 2.50 bits per heavy atom. The molecule has 0 bridgehead atoms. The minimum absolute atomic E-state index is 0.0187. The molecule has 4 rings (SSSR count). The van der Waals surface area contributed by atoms with Gasteiger partial charge in [-0.2, -0.15) is 0 Å². The molecule has 0 radical (unpaired) electrons. The summed E-state index contributed by atoms with van der Waals surface area (Å²) in [7, 11) is 1.35. The summed E-state index contributed by atoms with van der Waals surface area (Å²) in [4.78, 5) is 27.6. The number of benzene rings is 2. The Labute approximate surface area is 164 Å². The summed E-state index contributed by atoms with van der Waals surface area (Å²) in [5.74, 6) is 0.645. The van der Waals surface area contributed by atoms with Crippen LogP contribution in [0.15, 0.2) is 42.5 Å². The predicted molar refractivity (Wildman–Crippen MR) is 104 cm³/mol. The van der Waals surface area contributed by atoms with Crippen LogP contribution in [0.4, 0.5) is 0 Å². The van der Waals surface area contributed by atoms with Gasteiger partial charge in [-0.3, -0.25) is 4.79 Å². The van der Waals surface area contributed by atoms with E-state index in [0.717, 1.165) is 51.5 Å². The Balaban J connectivity index is 1.32. The maximum atomic E-state index is 12.7. The molecular weight excluding hydrogens is 356 g/mol. The highest BCUT2D eigenvalue weighted by atomic mass is 16.5. The molecule has 0 aliphatic carbocycles. The number of hydrogen-bond donors (Lipinski definition) is 1. The van der Waals surface area contributed by atoms with E-state index < -0.39 is 5.97 Å². The molecule has 6 heteroatoms. The minimum atomic E-state index is -0.394. The Hall–Kier alpha value is -2.86. The van der Waals surface area contributed by atoms with Crippen molar-refractivity contribution >= 4 is 11.9 Å². The third-order valence-electron chi connectivity index (χ3n) is 5.52. The van der Waals surface area contributed by atoms with E-state index in [0.29, 0.717) is 11.1 Å². The largest absolute Gasteiger partial charge is 0.493 e. The molecule has 1 saturated heterocycles. The molecule has 2 aliphatic heterocycles. The van der Waals surface area contributed by atoms with Gasteiger partial charge in [-0.15, -0.1) is 0 Å². The fourth-order valence-electron chi connectivity index (χ4n) is 3.89. The number of rotatable bonds is 4. The van der Waals surface area contributed by atoms with E-state index in [1.165, 1.54) is 23.1 Å². The van der Waals surface area contributed by atoms with E-state index in [1.54, 1.807) is 24.3 Å². The second-order valence-electron chi connectivity index (χ2n) is 7.33. The molecule has 0 unspecified atom stereocenters. The molecule has 0 aromatic heterocycles. The van der Waals surface area contributed by atoms with Gasteiger partial charge in [-0.25, -0.2) is 4.79 Å². The van der Waals surface area contributed by atoms with Gasteiger partial charge < -0.3 is 19.3 Å². The molecule has 2 aliphatic rings. The Bertz CT molecular complexity index is 871. The second kappa shape index (κ2) is 8.02. The normalized spacial score (nSPS) is 16.4. The molecule has 146 valence electrons. The third kappa shape index (κ3) is 3.87. The van der Waals surface area contributed by atoms with E-state index in [4.69, 9.17) is 9.47 Å². The summed E-state index contributed by atoms with van der Waals surface area (Å²) in [5.41, 5.74) is 3.70. The van der Waals surface area contributed by atoms with Crippen molar-refractivity contribution < 1.29 is 24.0 Å². The molecule has 0 saturated carbocycles. The maximum Gasteiger partial charge on any atom is 0.337 e. The number of methoxy groups -OCH3 is 1. The van der Waals surface area contributed by atoms with Crippen LogP contribution in [0.2, 0.25) is 0 Å². The van der Waals surface area contributed by atoms with Crippen LogP contribution in [-0.2, 0) is 17.7 Å². The van der Waals surface area contributed by atoms with Crippen molar-refractivity contribution in [2.24, 2.45) is 0 Å². The SMILES string of the molecule is COC(=O)c1ccc(C(=O)N2CC[NH+](Cc3ccc4c(c3)CCO4)CC2)cc1. The Morgan fingerprint density at radius 1 is 1.07 bits per heavy atom. The van der Waals surface area contributed by atoms with Crippen molar-refractivity contribution in [1.29, 1.82) is 0 Å². The first-order valence-electron chi connectivity index (χ1n) is 9.70. The number of fused-ring (bicyclic) bond motifs is 1. The topological polar surface area (TPSA) is 60.3 Å². The van der Waals surface area contributed by atoms with Crippen molar-refractivity contribution in [1.82, 2.24) is 4.90 Å². The Kier molecular flexibility index (Phi) is 5.30. The van der Waals surface area contributed by atoms with Crippen molar-refractivity contribution in [3.8, 4) is 5.75 Å². The summed E-state index contributed by atoms with van der Waals surface area (Å²) in [6.07, 6.45) is 0.996. The summed E-state index contributed by atoms with van der Waals surface area (Å²) in [5, 5.41) is 0. The minimum Gasteiger partial charge on any atom is -0.493 e. The lowest BCUT2D eigenvalue weighted by Crippen LogP contribution is -3.13. The van der Waals surface area contributed by atoms with Crippen molar-refractivity contribution in [2.45, 2.75) is 13.0 Å². The zero-order valence-electron chi connectivity index (χ0n) is 16.1. The van der Waals surface area contributed by atoms with Gasteiger partial charge >= 0.3 is 5.97 Å². The van der Waals surface area contributed by atoms with Crippen LogP contribution in [0.1, 0.15) is 31.8 Å². The lowest BCUT2D eigenvalue weighted by Gasteiger charge is -2.32. The van der Waals surface area contributed by atoms with E-state index in [-0.39, 0.29) is 5.91 Å². The molecule has 2 aromatic rings. The number of piperazine rings is 1. The molecule has 28 heavy (non-hydrogen) atoms.